The van der Waals surface area contributed by atoms with Crippen LogP contribution in [0.25, 0.3) is 0 Å². The molecule has 1 aliphatic rings. The molecule has 148 valence electrons. The SMILES string of the molecule is CCOc1ccccc1CCNC(=O)c1nnn(C2CCNCC2)c1C.Cl. The van der Waals surface area contributed by atoms with Gasteiger partial charge in [0.2, 0.25) is 0 Å². The summed E-state index contributed by atoms with van der Waals surface area (Å²) in [5.74, 6) is 0.703. The lowest BCUT2D eigenvalue weighted by molar-refractivity contribution is 0.0948. The molecule has 0 atom stereocenters. The van der Waals surface area contributed by atoms with Crippen molar-refractivity contribution in [2.75, 3.05) is 26.2 Å². The van der Waals surface area contributed by atoms with Crippen molar-refractivity contribution in [2.24, 2.45) is 0 Å². The predicted molar refractivity (Wildman–Crippen MR) is 107 cm³/mol. The molecular formula is C19H28ClN5O2. The molecule has 1 fully saturated rings. The summed E-state index contributed by atoms with van der Waals surface area (Å²) in [6.07, 6.45) is 2.74. The van der Waals surface area contributed by atoms with Gasteiger partial charge in [0.15, 0.2) is 5.69 Å². The van der Waals surface area contributed by atoms with Crippen LogP contribution in [0.5, 0.6) is 5.75 Å². The summed E-state index contributed by atoms with van der Waals surface area (Å²) >= 11 is 0. The smallest absolute Gasteiger partial charge is 0.273 e. The molecule has 2 aromatic rings. The summed E-state index contributed by atoms with van der Waals surface area (Å²) in [5.41, 5.74) is 2.34. The van der Waals surface area contributed by atoms with E-state index >= 15 is 0 Å². The molecule has 8 heteroatoms. The largest absolute Gasteiger partial charge is 0.494 e. The van der Waals surface area contributed by atoms with Crippen LogP contribution < -0.4 is 15.4 Å². The van der Waals surface area contributed by atoms with Crippen LogP contribution >= 0.6 is 12.4 Å². The number of ether oxygens (including phenoxy) is 1. The fourth-order valence-corrected chi connectivity index (χ4v) is 3.35. The summed E-state index contributed by atoms with van der Waals surface area (Å²) in [6.45, 7) is 6.99. The Hall–Kier alpha value is -2.12. The first kappa shape index (κ1) is 21.2. The monoisotopic (exact) mass is 393 g/mol. The lowest BCUT2D eigenvalue weighted by atomic mass is 10.1. The zero-order valence-electron chi connectivity index (χ0n) is 15.9. The molecule has 0 aliphatic carbocycles. The molecule has 1 aromatic carbocycles. The summed E-state index contributed by atoms with van der Waals surface area (Å²) in [4.78, 5) is 12.5. The molecule has 2 N–H and O–H groups in total. The normalized spacial score (nSPS) is 14.4. The number of benzene rings is 1. The number of carbonyl (C=O) groups is 1. The maximum atomic E-state index is 12.5. The van der Waals surface area contributed by atoms with Gasteiger partial charge in [-0.25, -0.2) is 4.68 Å². The minimum absolute atomic E-state index is 0. The second kappa shape index (κ2) is 10.3. The van der Waals surface area contributed by atoms with Gasteiger partial charge in [0.25, 0.3) is 5.91 Å². The molecule has 0 radical (unpaired) electrons. The first-order valence-corrected chi connectivity index (χ1v) is 9.32. The van der Waals surface area contributed by atoms with Crippen molar-refractivity contribution < 1.29 is 9.53 Å². The third-order valence-corrected chi connectivity index (χ3v) is 4.75. The number of rotatable bonds is 7. The fourth-order valence-electron chi connectivity index (χ4n) is 3.35. The predicted octanol–water partition coefficient (Wildman–Crippen LogP) is 2.30. The number of piperidine rings is 1. The van der Waals surface area contributed by atoms with E-state index < -0.39 is 0 Å². The zero-order chi connectivity index (χ0) is 18.4. The van der Waals surface area contributed by atoms with Crippen molar-refractivity contribution in [1.29, 1.82) is 0 Å². The number of amides is 1. The molecule has 1 aromatic heterocycles. The Morgan fingerprint density at radius 1 is 1.33 bits per heavy atom. The Kier molecular flexibility index (Phi) is 8.06. The number of aromatic nitrogens is 3. The summed E-state index contributed by atoms with van der Waals surface area (Å²) < 4.78 is 7.53. The molecule has 7 nitrogen and oxygen atoms in total. The van der Waals surface area contributed by atoms with Crippen LogP contribution in [-0.2, 0) is 6.42 Å². The van der Waals surface area contributed by atoms with E-state index in [0.29, 0.717) is 31.3 Å². The maximum Gasteiger partial charge on any atom is 0.273 e. The lowest BCUT2D eigenvalue weighted by Gasteiger charge is -2.23. The highest BCUT2D eigenvalue weighted by Crippen LogP contribution is 2.20. The number of hydrogen-bond acceptors (Lipinski definition) is 5. The summed E-state index contributed by atoms with van der Waals surface area (Å²) in [6, 6.07) is 8.23. The maximum absolute atomic E-state index is 12.5. The van der Waals surface area contributed by atoms with E-state index in [1.54, 1.807) is 0 Å². The molecule has 1 aliphatic heterocycles. The van der Waals surface area contributed by atoms with Crippen LogP contribution in [0.2, 0.25) is 0 Å². The molecule has 2 heterocycles. The molecule has 0 bridgehead atoms. The van der Waals surface area contributed by atoms with E-state index in [2.05, 4.69) is 20.9 Å². The van der Waals surface area contributed by atoms with Crippen molar-refractivity contribution in [1.82, 2.24) is 25.6 Å². The molecule has 27 heavy (non-hydrogen) atoms. The number of halogens is 1. The van der Waals surface area contributed by atoms with Crippen LogP contribution in [-0.4, -0.2) is 47.1 Å². The Balaban J connectivity index is 0.00000261. The Labute approximate surface area is 166 Å². The van der Waals surface area contributed by atoms with Gasteiger partial charge in [-0.2, -0.15) is 0 Å². The molecule has 1 amide bonds. The third-order valence-electron chi connectivity index (χ3n) is 4.75. The fraction of sp³-hybridized carbons (Fsp3) is 0.526. The number of para-hydroxylation sites is 1. The van der Waals surface area contributed by atoms with Crippen LogP contribution in [0.4, 0.5) is 0 Å². The minimum Gasteiger partial charge on any atom is -0.494 e. The van der Waals surface area contributed by atoms with E-state index in [-0.39, 0.29) is 18.3 Å². The highest BCUT2D eigenvalue weighted by molar-refractivity contribution is 5.93. The first-order chi connectivity index (χ1) is 12.7. The summed E-state index contributed by atoms with van der Waals surface area (Å²) in [5, 5.41) is 14.6. The topological polar surface area (TPSA) is 81.1 Å². The zero-order valence-corrected chi connectivity index (χ0v) is 16.7. The van der Waals surface area contributed by atoms with Gasteiger partial charge in [-0.1, -0.05) is 23.4 Å². The van der Waals surface area contributed by atoms with Crippen molar-refractivity contribution >= 4 is 18.3 Å². The van der Waals surface area contributed by atoms with Crippen molar-refractivity contribution in [3.8, 4) is 5.75 Å². The standard InChI is InChI=1S/C19H27N5O2.ClH/c1-3-26-17-7-5-4-6-15(17)8-13-21-19(25)18-14(2)24(23-22-18)16-9-11-20-12-10-16;/h4-7,16,20H,3,8-13H2,1-2H3,(H,21,25);1H. The van der Waals surface area contributed by atoms with E-state index in [1.165, 1.54) is 0 Å². The second-order valence-corrected chi connectivity index (χ2v) is 6.50. The highest BCUT2D eigenvalue weighted by atomic mass is 35.5. The Bertz CT molecular complexity index is 743. The average molecular weight is 394 g/mol. The molecule has 0 unspecified atom stereocenters. The van der Waals surface area contributed by atoms with Gasteiger partial charge < -0.3 is 15.4 Å². The Morgan fingerprint density at radius 2 is 2.07 bits per heavy atom. The van der Waals surface area contributed by atoms with E-state index in [9.17, 15) is 4.79 Å². The molecule has 0 spiro atoms. The van der Waals surface area contributed by atoms with Crippen LogP contribution in [0, 0.1) is 6.92 Å². The lowest BCUT2D eigenvalue weighted by Crippen LogP contribution is -2.30. The van der Waals surface area contributed by atoms with Gasteiger partial charge in [-0.3, -0.25) is 4.79 Å². The third kappa shape index (κ3) is 5.20. The Morgan fingerprint density at radius 3 is 2.81 bits per heavy atom. The van der Waals surface area contributed by atoms with Gasteiger partial charge in [-0.15, -0.1) is 17.5 Å². The van der Waals surface area contributed by atoms with Gasteiger partial charge in [0.05, 0.1) is 18.3 Å². The molecular weight excluding hydrogens is 366 g/mol. The van der Waals surface area contributed by atoms with Crippen LogP contribution in [0.3, 0.4) is 0 Å². The number of nitrogens with zero attached hydrogens (tertiary/aromatic N) is 3. The van der Waals surface area contributed by atoms with Crippen molar-refractivity contribution in [3.63, 3.8) is 0 Å². The number of hydrogen-bond donors (Lipinski definition) is 2. The number of carbonyl (C=O) groups excluding carboxylic acids is 1. The van der Waals surface area contributed by atoms with E-state index in [4.69, 9.17) is 4.74 Å². The average Bonchev–Trinajstić information content (AvgIpc) is 3.05. The quantitative estimate of drug-likeness (QED) is 0.754. The van der Waals surface area contributed by atoms with E-state index in [1.807, 2.05) is 42.8 Å². The van der Waals surface area contributed by atoms with Gasteiger partial charge in [0, 0.05) is 6.54 Å². The highest BCUT2D eigenvalue weighted by Gasteiger charge is 2.22. The second-order valence-electron chi connectivity index (χ2n) is 6.50. The first-order valence-electron chi connectivity index (χ1n) is 9.32. The van der Waals surface area contributed by atoms with Crippen molar-refractivity contribution in [3.05, 3.63) is 41.2 Å². The van der Waals surface area contributed by atoms with Gasteiger partial charge in [0.1, 0.15) is 5.75 Å². The molecule has 1 saturated heterocycles. The molecule has 3 rings (SSSR count). The number of nitrogens with one attached hydrogen (secondary N) is 2. The van der Waals surface area contributed by atoms with E-state index in [0.717, 1.165) is 42.9 Å². The van der Waals surface area contributed by atoms with Crippen LogP contribution in [0.1, 0.15) is 47.6 Å². The van der Waals surface area contributed by atoms with Crippen LogP contribution in [0.15, 0.2) is 24.3 Å². The van der Waals surface area contributed by atoms with Gasteiger partial charge in [-0.05, 0) is 57.8 Å². The molecule has 0 saturated carbocycles. The van der Waals surface area contributed by atoms with Crippen molar-refractivity contribution in [2.45, 2.75) is 39.2 Å². The summed E-state index contributed by atoms with van der Waals surface area (Å²) in [7, 11) is 0. The van der Waals surface area contributed by atoms with Gasteiger partial charge >= 0.3 is 0 Å². The minimum atomic E-state index is -0.170.